The Labute approximate surface area is 125 Å². The van der Waals surface area contributed by atoms with Gasteiger partial charge in [-0.1, -0.05) is 13.8 Å². The molecule has 0 bridgehead atoms. The predicted octanol–water partition coefficient (Wildman–Crippen LogP) is 0.731. The minimum absolute atomic E-state index is 0.00689. The Morgan fingerprint density at radius 1 is 1.52 bits per heavy atom. The zero-order valence-electron chi connectivity index (χ0n) is 12.8. The summed E-state index contributed by atoms with van der Waals surface area (Å²) < 4.78 is 7.03. The lowest BCUT2D eigenvalue weighted by Gasteiger charge is -2.36. The van der Waals surface area contributed by atoms with Crippen LogP contribution in [0.25, 0.3) is 0 Å². The van der Waals surface area contributed by atoms with Crippen LogP contribution in [0.1, 0.15) is 24.3 Å². The highest BCUT2D eigenvalue weighted by Crippen LogP contribution is 2.18. The fraction of sp³-hybridized carbons (Fsp3) is 0.600. The lowest BCUT2D eigenvalue weighted by Crippen LogP contribution is -2.54. The minimum atomic E-state index is -0.0566. The zero-order valence-corrected chi connectivity index (χ0v) is 12.8. The van der Waals surface area contributed by atoms with E-state index in [0.717, 1.165) is 0 Å². The normalized spacial score (nSPS) is 18.0. The summed E-state index contributed by atoms with van der Waals surface area (Å²) in [4.78, 5) is 26.0. The topological polar surface area (TPSA) is 63.6 Å². The molecule has 0 fully saturated rings. The third-order valence-corrected chi connectivity index (χ3v) is 3.73. The van der Waals surface area contributed by atoms with Gasteiger partial charge < -0.3 is 19.5 Å². The summed E-state index contributed by atoms with van der Waals surface area (Å²) in [5, 5.41) is 2.91. The van der Waals surface area contributed by atoms with Crippen molar-refractivity contribution in [2.75, 3.05) is 26.8 Å². The third kappa shape index (κ3) is 3.44. The van der Waals surface area contributed by atoms with E-state index in [1.807, 2.05) is 36.7 Å². The fourth-order valence-electron chi connectivity index (χ4n) is 2.48. The summed E-state index contributed by atoms with van der Waals surface area (Å²) in [7, 11) is 1.62. The average molecular weight is 293 g/mol. The van der Waals surface area contributed by atoms with Crippen molar-refractivity contribution in [2.24, 2.45) is 5.92 Å². The van der Waals surface area contributed by atoms with Gasteiger partial charge in [-0.05, 0) is 12.1 Å². The summed E-state index contributed by atoms with van der Waals surface area (Å²) in [5.74, 6) is -0.0570. The summed E-state index contributed by atoms with van der Waals surface area (Å²) in [6.45, 7) is 5.88. The number of fused-ring (bicyclic) bond motifs is 1. The van der Waals surface area contributed by atoms with E-state index in [0.29, 0.717) is 31.9 Å². The molecule has 1 aliphatic rings. The van der Waals surface area contributed by atoms with Crippen molar-refractivity contribution in [1.82, 2.24) is 14.8 Å². The summed E-state index contributed by atoms with van der Waals surface area (Å²) in [6, 6.07) is 3.65. The molecule has 6 heteroatoms. The molecule has 0 aromatic carbocycles. The maximum Gasteiger partial charge on any atom is 0.270 e. The van der Waals surface area contributed by atoms with Gasteiger partial charge in [-0.2, -0.15) is 0 Å². The van der Waals surface area contributed by atoms with Crippen LogP contribution in [0, 0.1) is 5.92 Å². The second kappa shape index (κ2) is 6.76. The molecule has 1 N–H and O–H groups in total. The lowest BCUT2D eigenvalue weighted by molar-refractivity contribution is -0.124. The highest BCUT2D eigenvalue weighted by Gasteiger charge is 2.32. The van der Waals surface area contributed by atoms with Crippen LogP contribution in [0.2, 0.25) is 0 Å². The van der Waals surface area contributed by atoms with E-state index in [9.17, 15) is 9.59 Å². The van der Waals surface area contributed by atoms with Crippen molar-refractivity contribution >= 4 is 11.8 Å². The standard InChI is InChI=1S/C15H23N3O3/c1-11(2)14(19)16-9-12-10-17-6-4-5-13(17)15(20)18(12)7-8-21-3/h4-6,11-12H,7-10H2,1-3H3,(H,16,19). The third-order valence-electron chi connectivity index (χ3n) is 3.73. The molecule has 0 radical (unpaired) electrons. The van der Waals surface area contributed by atoms with E-state index in [4.69, 9.17) is 4.74 Å². The van der Waals surface area contributed by atoms with Crippen molar-refractivity contribution < 1.29 is 14.3 Å². The number of carbonyl (C=O) groups excluding carboxylic acids is 2. The summed E-state index contributed by atoms with van der Waals surface area (Å²) >= 11 is 0. The van der Waals surface area contributed by atoms with Crippen molar-refractivity contribution in [3.05, 3.63) is 24.0 Å². The average Bonchev–Trinajstić information content (AvgIpc) is 2.92. The molecule has 0 saturated carbocycles. The van der Waals surface area contributed by atoms with Gasteiger partial charge in [0, 0.05) is 38.9 Å². The van der Waals surface area contributed by atoms with Gasteiger partial charge in [0.2, 0.25) is 5.91 Å². The van der Waals surface area contributed by atoms with E-state index in [2.05, 4.69) is 5.32 Å². The van der Waals surface area contributed by atoms with Crippen LogP contribution < -0.4 is 5.32 Å². The Kier molecular flexibility index (Phi) is 5.01. The van der Waals surface area contributed by atoms with Crippen LogP contribution >= 0.6 is 0 Å². The minimum Gasteiger partial charge on any atom is -0.383 e. The van der Waals surface area contributed by atoms with E-state index < -0.39 is 0 Å². The van der Waals surface area contributed by atoms with Crippen LogP contribution in [-0.4, -0.2) is 54.1 Å². The highest BCUT2D eigenvalue weighted by atomic mass is 16.5. The predicted molar refractivity (Wildman–Crippen MR) is 79.0 cm³/mol. The molecular weight excluding hydrogens is 270 g/mol. The molecule has 2 rings (SSSR count). The van der Waals surface area contributed by atoms with Gasteiger partial charge in [0.25, 0.3) is 5.91 Å². The zero-order chi connectivity index (χ0) is 15.4. The Morgan fingerprint density at radius 3 is 2.95 bits per heavy atom. The Hall–Kier alpha value is -1.82. The number of nitrogens with one attached hydrogen (secondary N) is 1. The second-order valence-electron chi connectivity index (χ2n) is 5.59. The molecule has 1 aromatic rings. The molecule has 1 unspecified atom stereocenters. The molecule has 0 spiro atoms. The molecular formula is C15H23N3O3. The van der Waals surface area contributed by atoms with Crippen LogP contribution in [-0.2, 0) is 16.1 Å². The molecule has 2 amide bonds. The number of methoxy groups -OCH3 is 1. The first-order valence-corrected chi connectivity index (χ1v) is 7.27. The number of ether oxygens (including phenoxy) is 1. The van der Waals surface area contributed by atoms with Crippen molar-refractivity contribution in [3.8, 4) is 0 Å². The molecule has 116 valence electrons. The largest absolute Gasteiger partial charge is 0.383 e. The first-order valence-electron chi connectivity index (χ1n) is 7.27. The van der Waals surface area contributed by atoms with Gasteiger partial charge in [0.05, 0.1) is 12.6 Å². The van der Waals surface area contributed by atoms with Gasteiger partial charge in [0.1, 0.15) is 5.69 Å². The van der Waals surface area contributed by atoms with Gasteiger partial charge in [-0.3, -0.25) is 9.59 Å². The number of rotatable bonds is 6. The molecule has 0 saturated heterocycles. The van der Waals surface area contributed by atoms with Crippen LogP contribution in [0.4, 0.5) is 0 Å². The maximum atomic E-state index is 12.5. The van der Waals surface area contributed by atoms with Gasteiger partial charge >= 0.3 is 0 Å². The van der Waals surface area contributed by atoms with Crippen LogP contribution in [0.3, 0.4) is 0 Å². The number of carbonyl (C=O) groups is 2. The lowest BCUT2D eigenvalue weighted by atomic mass is 10.1. The first-order chi connectivity index (χ1) is 10.0. The SMILES string of the molecule is COCCN1C(=O)c2cccn2CC1CNC(=O)C(C)C. The number of nitrogens with zero attached hydrogens (tertiary/aromatic N) is 2. The summed E-state index contributed by atoms with van der Waals surface area (Å²) in [5.41, 5.74) is 0.692. The second-order valence-corrected chi connectivity index (χ2v) is 5.59. The molecule has 1 aromatic heterocycles. The molecule has 2 heterocycles. The molecule has 0 aliphatic carbocycles. The van der Waals surface area contributed by atoms with Gasteiger partial charge in [-0.25, -0.2) is 0 Å². The fourth-order valence-corrected chi connectivity index (χ4v) is 2.48. The Bertz CT molecular complexity index is 510. The number of amides is 2. The first kappa shape index (κ1) is 15.6. The molecule has 1 atom stereocenters. The number of hydrogen-bond acceptors (Lipinski definition) is 3. The highest BCUT2D eigenvalue weighted by molar-refractivity contribution is 5.93. The Balaban J connectivity index is 2.09. The number of aromatic nitrogens is 1. The monoisotopic (exact) mass is 293 g/mol. The van der Waals surface area contributed by atoms with Crippen LogP contribution in [0.15, 0.2) is 18.3 Å². The van der Waals surface area contributed by atoms with E-state index in [1.165, 1.54) is 0 Å². The Morgan fingerprint density at radius 2 is 2.29 bits per heavy atom. The van der Waals surface area contributed by atoms with E-state index in [1.54, 1.807) is 12.0 Å². The van der Waals surface area contributed by atoms with E-state index in [-0.39, 0.29) is 23.8 Å². The van der Waals surface area contributed by atoms with Gasteiger partial charge in [-0.15, -0.1) is 0 Å². The molecule has 21 heavy (non-hydrogen) atoms. The molecule has 1 aliphatic heterocycles. The summed E-state index contributed by atoms with van der Waals surface area (Å²) in [6.07, 6.45) is 1.90. The molecule has 6 nitrogen and oxygen atoms in total. The van der Waals surface area contributed by atoms with Crippen LogP contribution in [0.5, 0.6) is 0 Å². The van der Waals surface area contributed by atoms with E-state index >= 15 is 0 Å². The van der Waals surface area contributed by atoms with Crippen molar-refractivity contribution in [3.63, 3.8) is 0 Å². The van der Waals surface area contributed by atoms with Crippen molar-refractivity contribution in [2.45, 2.75) is 26.4 Å². The maximum absolute atomic E-state index is 12.5. The number of hydrogen-bond donors (Lipinski definition) is 1. The van der Waals surface area contributed by atoms with Crippen molar-refractivity contribution in [1.29, 1.82) is 0 Å². The quantitative estimate of drug-likeness (QED) is 0.841. The van der Waals surface area contributed by atoms with Gasteiger partial charge in [0.15, 0.2) is 0 Å². The smallest absolute Gasteiger partial charge is 0.270 e.